The molecule has 3 aromatic rings. The number of rotatable bonds is 4. The SMILES string of the molecule is COc1c(N2CCC(c3ccccn3)C2)c(F)cn2c(=O)n(N)c(=O)c(C3CC3)c12. The van der Waals surface area contributed by atoms with E-state index in [1.54, 1.807) is 6.20 Å². The number of ether oxygens (including phenoxy) is 1. The van der Waals surface area contributed by atoms with E-state index in [2.05, 4.69) is 4.98 Å². The van der Waals surface area contributed by atoms with Crippen molar-refractivity contribution < 1.29 is 9.13 Å². The second-order valence-corrected chi connectivity index (χ2v) is 7.91. The second kappa shape index (κ2) is 6.86. The maximum absolute atomic E-state index is 15.3. The van der Waals surface area contributed by atoms with Crippen molar-refractivity contribution in [3.63, 3.8) is 0 Å². The molecular formula is C21H22FN5O3. The smallest absolute Gasteiger partial charge is 0.354 e. The fourth-order valence-electron chi connectivity index (χ4n) is 4.46. The van der Waals surface area contributed by atoms with Gasteiger partial charge < -0.3 is 15.5 Å². The van der Waals surface area contributed by atoms with E-state index >= 15 is 4.39 Å². The molecule has 9 heteroatoms. The number of anilines is 1. The van der Waals surface area contributed by atoms with E-state index in [0.717, 1.165) is 35.6 Å². The van der Waals surface area contributed by atoms with Gasteiger partial charge >= 0.3 is 5.69 Å². The normalized spacial score (nSPS) is 18.9. The van der Waals surface area contributed by atoms with Gasteiger partial charge in [0.05, 0.1) is 18.9 Å². The fourth-order valence-corrected chi connectivity index (χ4v) is 4.46. The van der Waals surface area contributed by atoms with E-state index in [9.17, 15) is 9.59 Å². The van der Waals surface area contributed by atoms with Gasteiger partial charge in [-0.1, -0.05) is 6.07 Å². The van der Waals surface area contributed by atoms with Crippen molar-refractivity contribution in [1.29, 1.82) is 0 Å². The Labute approximate surface area is 171 Å². The van der Waals surface area contributed by atoms with Crippen LogP contribution < -0.4 is 26.7 Å². The lowest BCUT2D eigenvalue weighted by Gasteiger charge is -2.24. The van der Waals surface area contributed by atoms with Gasteiger partial charge in [0.25, 0.3) is 5.56 Å². The quantitative estimate of drug-likeness (QED) is 0.655. The fraction of sp³-hybridized carbons (Fsp3) is 0.381. The minimum Gasteiger partial charge on any atom is -0.492 e. The van der Waals surface area contributed by atoms with E-state index in [1.165, 1.54) is 7.11 Å². The molecule has 0 spiro atoms. The number of nitrogens with two attached hydrogens (primary N) is 1. The van der Waals surface area contributed by atoms with Gasteiger partial charge in [-0.25, -0.2) is 9.18 Å². The van der Waals surface area contributed by atoms with E-state index in [0.29, 0.717) is 28.8 Å². The van der Waals surface area contributed by atoms with Crippen molar-refractivity contribution in [3.05, 3.63) is 68.5 Å². The predicted molar refractivity (Wildman–Crippen MR) is 110 cm³/mol. The van der Waals surface area contributed by atoms with Crippen molar-refractivity contribution in [2.24, 2.45) is 0 Å². The lowest BCUT2D eigenvalue weighted by molar-refractivity contribution is 0.412. The topological polar surface area (TPSA) is 94.9 Å². The molecule has 0 radical (unpaired) electrons. The van der Waals surface area contributed by atoms with Gasteiger partial charge in [-0.05, 0) is 37.3 Å². The molecule has 1 unspecified atom stereocenters. The Morgan fingerprint density at radius 1 is 1.20 bits per heavy atom. The molecule has 1 aliphatic carbocycles. The highest BCUT2D eigenvalue weighted by atomic mass is 19.1. The van der Waals surface area contributed by atoms with Crippen LogP contribution >= 0.6 is 0 Å². The highest BCUT2D eigenvalue weighted by molar-refractivity contribution is 5.78. The Hall–Kier alpha value is -3.36. The average molecular weight is 411 g/mol. The third-order valence-electron chi connectivity index (χ3n) is 6.06. The number of halogens is 1. The molecule has 8 nitrogen and oxygen atoms in total. The predicted octanol–water partition coefficient (Wildman–Crippen LogP) is 1.59. The largest absolute Gasteiger partial charge is 0.492 e. The number of hydrogen-bond donors (Lipinski definition) is 1. The molecule has 1 aliphatic heterocycles. The number of aromatic nitrogens is 3. The van der Waals surface area contributed by atoms with E-state index in [4.69, 9.17) is 10.6 Å². The summed E-state index contributed by atoms with van der Waals surface area (Å²) in [7, 11) is 1.43. The lowest BCUT2D eigenvalue weighted by Crippen LogP contribution is -2.44. The van der Waals surface area contributed by atoms with E-state index < -0.39 is 17.1 Å². The highest BCUT2D eigenvalue weighted by Gasteiger charge is 2.35. The zero-order valence-electron chi connectivity index (χ0n) is 16.5. The highest BCUT2D eigenvalue weighted by Crippen LogP contribution is 2.45. The molecule has 1 saturated carbocycles. The van der Waals surface area contributed by atoms with E-state index in [-0.39, 0.29) is 23.3 Å². The first-order chi connectivity index (χ1) is 14.5. The number of methoxy groups -OCH3 is 1. The molecule has 2 fully saturated rings. The first-order valence-corrected chi connectivity index (χ1v) is 10.00. The summed E-state index contributed by atoms with van der Waals surface area (Å²) in [6, 6.07) is 5.77. The minimum atomic E-state index is -0.795. The maximum atomic E-state index is 15.3. The number of nitrogen functional groups attached to an aromatic ring is 1. The maximum Gasteiger partial charge on any atom is 0.354 e. The van der Waals surface area contributed by atoms with Gasteiger partial charge in [0.1, 0.15) is 11.2 Å². The zero-order chi connectivity index (χ0) is 21.0. The Bertz CT molecular complexity index is 1250. The Morgan fingerprint density at radius 3 is 2.67 bits per heavy atom. The first-order valence-electron chi connectivity index (χ1n) is 10.00. The average Bonchev–Trinajstić information content (AvgIpc) is 3.48. The van der Waals surface area contributed by atoms with Crippen molar-refractivity contribution in [2.75, 3.05) is 30.9 Å². The molecular weight excluding hydrogens is 389 g/mol. The summed E-state index contributed by atoms with van der Waals surface area (Å²) in [5, 5.41) is 0. The monoisotopic (exact) mass is 411 g/mol. The summed E-state index contributed by atoms with van der Waals surface area (Å²) in [4.78, 5) is 31.7. The number of nitrogens with zero attached hydrogens (tertiary/aromatic N) is 4. The standard InChI is InChI=1S/C21H22FN5O3/c1-30-19-17(25-9-7-13(10-25)15-4-2-3-8-24-15)14(22)11-26-18(19)16(12-5-6-12)20(28)27(23)21(26)29/h2-4,8,11-13H,5-7,9-10,23H2,1H3. The van der Waals surface area contributed by atoms with Crippen LogP contribution in [0.2, 0.25) is 0 Å². The summed E-state index contributed by atoms with van der Waals surface area (Å²) >= 11 is 0. The minimum absolute atomic E-state index is 0.00467. The van der Waals surface area contributed by atoms with Crippen LogP contribution in [0.4, 0.5) is 10.1 Å². The van der Waals surface area contributed by atoms with Crippen molar-refractivity contribution in [1.82, 2.24) is 14.1 Å². The third-order valence-corrected chi connectivity index (χ3v) is 6.06. The van der Waals surface area contributed by atoms with Gasteiger partial charge in [-0.15, -0.1) is 0 Å². The van der Waals surface area contributed by atoms with Gasteiger partial charge in [0.15, 0.2) is 11.6 Å². The van der Waals surface area contributed by atoms with E-state index in [1.807, 2.05) is 23.1 Å². The molecule has 5 rings (SSSR count). The zero-order valence-corrected chi connectivity index (χ0v) is 16.5. The molecule has 2 aliphatic rings. The van der Waals surface area contributed by atoms with Crippen LogP contribution in [0.25, 0.3) is 5.52 Å². The molecule has 1 atom stereocenters. The third kappa shape index (κ3) is 2.76. The molecule has 4 heterocycles. The Balaban J connectivity index is 1.69. The first kappa shape index (κ1) is 18.7. The van der Waals surface area contributed by atoms with Crippen LogP contribution in [0.15, 0.2) is 40.2 Å². The second-order valence-electron chi connectivity index (χ2n) is 7.91. The number of pyridine rings is 2. The summed E-state index contributed by atoms with van der Waals surface area (Å²) in [6.07, 6.45) is 5.33. The van der Waals surface area contributed by atoms with Crippen LogP contribution in [0.5, 0.6) is 5.75 Å². The molecule has 156 valence electrons. The lowest BCUT2D eigenvalue weighted by atomic mass is 10.0. The molecule has 1 saturated heterocycles. The summed E-state index contributed by atoms with van der Waals surface area (Å²) in [5.41, 5.74) is 0.611. The molecule has 30 heavy (non-hydrogen) atoms. The molecule has 2 N–H and O–H groups in total. The van der Waals surface area contributed by atoms with Gasteiger partial charge in [-0.2, -0.15) is 4.68 Å². The summed E-state index contributed by atoms with van der Waals surface area (Å²) < 4.78 is 22.5. The van der Waals surface area contributed by atoms with Gasteiger partial charge in [-0.3, -0.25) is 14.2 Å². The summed E-state index contributed by atoms with van der Waals surface area (Å²) in [6.45, 7) is 1.18. The number of hydrogen-bond acceptors (Lipinski definition) is 6. The van der Waals surface area contributed by atoms with Gasteiger partial charge in [0.2, 0.25) is 0 Å². The van der Waals surface area contributed by atoms with Crippen LogP contribution in [-0.2, 0) is 0 Å². The van der Waals surface area contributed by atoms with Crippen LogP contribution in [0.1, 0.15) is 42.4 Å². The Morgan fingerprint density at radius 2 is 2.00 bits per heavy atom. The summed E-state index contributed by atoms with van der Waals surface area (Å²) in [5.74, 6) is 5.45. The van der Waals surface area contributed by atoms with Gasteiger partial charge in [0, 0.05) is 30.9 Å². The number of fused-ring (bicyclic) bond motifs is 1. The van der Waals surface area contributed by atoms with Crippen LogP contribution in [-0.4, -0.2) is 34.3 Å². The van der Waals surface area contributed by atoms with Crippen molar-refractivity contribution in [3.8, 4) is 5.75 Å². The molecule has 3 aromatic heterocycles. The van der Waals surface area contributed by atoms with Crippen molar-refractivity contribution in [2.45, 2.75) is 31.1 Å². The molecule has 0 aromatic carbocycles. The van der Waals surface area contributed by atoms with Crippen LogP contribution in [0.3, 0.4) is 0 Å². The molecule has 0 amide bonds. The molecule has 0 bridgehead atoms. The van der Waals surface area contributed by atoms with Crippen LogP contribution in [0, 0.1) is 5.82 Å². The van der Waals surface area contributed by atoms with Crippen molar-refractivity contribution >= 4 is 11.2 Å². The Kier molecular flexibility index (Phi) is 4.27.